The lowest BCUT2D eigenvalue weighted by atomic mass is 10.0. The summed E-state index contributed by atoms with van der Waals surface area (Å²) in [6.07, 6.45) is 0. The molecule has 0 aliphatic carbocycles. The Morgan fingerprint density at radius 2 is 1.74 bits per heavy atom. The summed E-state index contributed by atoms with van der Waals surface area (Å²) in [4.78, 5) is 21.6. The molecule has 5 rings (SSSR count). The lowest BCUT2D eigenvalue weighted by molar-refractivity contribution is 0.415. The molecular formula is C25H17FN2O2S. The Hall–Kier alpha value is -3.77. The molecular weight excluding hydrogens is 411 g/mol. The van der Waals surface area contributed by atoms with Gasteiger partial charge in [0.05, 0.1) is 23.4 Å². The maximum absolute atomic E-state index is 13.4. The quantitative estimate of drug-likeness (QED) is 0.374. The Kier molecular flexibility index (Phi) is 4.84. The fraction of sp³-hybridized carbons (Fsp3) is 0.0400. The summed E-state index contributed by atoms with van der Waals surface area (Å²) >= 11 is 1.57. The summed E-state index contributed by atoms with van der Waals surface area (Å²) < 4.78 is 18.8. The van der Waals surface area contributed by atoms with E-state index < -0.39 is 0 Å². The molecule has 0 spiro atoms. The molecule has 31 heavy (non-hydrogen) atoms. The molecule has 2 aromatic carbocycles. The Bertz CT molecular complexity index is 1440. The molecule has 0 saturated carbocycles. The van der Waals surface area contributed by atoms with Crippen molar-refractivity contribution in [3.63, 3.8) is 0 Å². The predicted molar refractivity (Wildman–Crippen MR) is 123 cm³/mol. The van der Waals surface area contributed by atoms with Gasteiger partial charge in [0.1, 0.15) is 11.6 Å². The lowest BCUT2D eigenvalue weighted by Crippen LogP contribution is -2.09. The molecule has 0 amide bonds. The van der Waals surface area contributed by atoms with E-state index in [0.29, 0.717) is 17.0 Å². The molecule has 3 aromatic heterocycles. The number of benzene rings is 2. The van der Waals surface area contributed by atoms with Crippen LogP contribution in [-0.4, -0.2) is 17.1 Å². The van der Waals surface area contributed by atoms with Crippen LogP contribution in [0.2, 0.25) is 0 Å². The summed E-state index contributed by atoms with van der Waals surface area (Å²) in [5, 5.41) is 2.85. The Morgan fingerprint density at radius 3 is 2.48 bits per heavy atom. The Morgan fingerprint density at radius 1 is 0.935 bits per heavy atom. The monoisotopic (exact) mass is 428 g/mol. The van der Waals surface area contributed by atoms with E-state index in [9.17, 15) is 9.18 Å². The van der Waals surface area contributed by atoms with Crippen molar-refractivity contribution in [3.05, 3.63) is 94.3 Å². The second-order valence-corrected chi connectivity index (χ2v) is 8.02. The van der Waals surface area contributed by atoms with E-state index in [1.54, 1.807) is 30.6 Å². The smallest absolute Gasteiger partial charge is 0.256 e. The van der Waals surface area contributed by atoms with Gasteiger partial charge >= 0.3 is 0 Å². The van der Waals surface area contributed by atoms with Crippen LogP contribution >= 0.6 is 11.3 Å². The summed E-state index contributed by atoms with van der Waals surface area (Å²) in [6.45, 7) is 0. The number of hydrogen-bond acceptors (Lipinski definition) is 4. The van der Waals surface area contributed by atoms with Gasteiger partial charge in [-0.15, -0.1) is 11.3 Å². The number of halogens is 1. The number of thiophene rings is 1. The SMILES string of the molecule is COc1ccc2[nH]c(=O)c(-c3cc(-c4ccc(F)cc4)nc(-c4cccs4)c3)cc2c1. The van der Waals surface area contributed by atoms with Crippen LogP contribution in [-0.2, 0) is 0 Å². The maximum Gasteiger partial charge on any atom is 0.256 e. The minimum absolute atomic E-state index is 0.189. The van der Waals surface area contributed by atoms with Gasteiger partial charge in [-0.3, -0.25) is 4.79 Å². The standard InChI is InChI=1S/C25H17FN2O2S/c1-30-19-8-9-21-17(11-19)12-20(25(29)28-21)16-13-22(15-4-6-18(26)7-5-15)27-23(14-16)24-3-2-10-31-24/h2-14H,1H3,(H,28,29). The third-order valence-electron chi connectivity index (χ3n) is 5.10. The molecule has 0 saturated heterocycles. The average molecular weight is 428 g/mol. The zero-order valence-corrected chi connectivity index (χ0v) is 17.4. The minimum atomic E-state index is -0.307. The van der Waals surface area contributed by atoms with Crippen molar-refractivity contribution in [3.8, 4) is 38.7 Å². The number of methoxy groups -OCH3 is 1. The van der Waals surface area contributed by atoms with Gasteiger partial charge in [-0.25, -0.2) is 9.37 Å². The second-order valence-electron chi connectivity index (χ2n) is 7.08. The normalized spacial score (nSPS) is 11.0. The summed E-state index contributed by atoms with van der Waals surface area (Å²) in [7, 11) is 1.61. The fourth-order valence-corrected chi connectivity index (χ4v) is 4.22. The molecule has 6 heteroatoms. The molecule has 152 valence electrons. The number of hydrogen-bond donors (Lipinski definition) is 1. The van der Waals surface area contributed by atoms with Gasteiger partial charge in [0.25, 0.3) is 5.56 Å². The van der Waals surface area contributed by atoms with E-state index in [4.69, 9.17) is 9.72 Å². The highest BCUT2D eigenvalue weighted by Gasteiger charge is 2.13. The van der Waals surface area contributed by atoms with Crippen molar-refractivity contribution in [2.45, 2.75) is 0 Å². The molecule has 0 radical (unpaired) electrons. The number of H-pyrrole nitrogens is 1. The molecule has 1 N–H and O–H groups in total. The summed E-state index contributed by atoms with van der Waals surface area (Å²) in [6, 6.07) is 21.3. The van der Waals surface area contributed by atoms with Crippen LogP contribution in [0.15, 0.2) is 83.0 Å². The number of ether oxygens (including phenoxy) is 1. The number of aromatic amines is 1. The van der Waals surface area contributed by atoms with E-state index in [0.717, 1.165) is 32.6 Å². The van der Waals surface area contributed by atoms with Crippen molar-refractivity contribution in [2.75, 3.05) is 7.11 Å². The first-order chi connectivity index (χ1) is 15.1. The molecule has 0 aliphatic heterocycles. The number of pyridine rings is 2. The van der Waals surface area contributed by atoms with Gasteiger partial charge in [-0.1, -0.05) is 6.07 Å². The molecule has 3 heterocycles. The van der Waals surface area contributed by atoms with Crippen molar-refractivity contribution in [1.82, 2.24) is 9.97 Å². The molecule has 0 bridgehead atoms. The maximum atomic E-state index is 13.4. The number of fused-ring (bicyclic) bond motifs is 1. The van der Waals surface area contributed by atoms with Gasteiger partial charge in [0, 0.05) is 22.0 Å². The molecule has 0 aliphatic rings. The summed E-state index contributed by atoms with van der Waals surface area (Å²) in [5.41, 5.74) is 4.03. The zero-order chi connectivity index (χ0) is 21.4. The van der Waals surface area contributed by atoms with E-state index >= 15 is 0 Å². The van der Waals surface area contributed by atoms with Gasteiger partial charge in [-0.2, -0.15) is 0 Å². The number of rotatable bonds is 4. The predicted octanol–water partition coefficient (Wildman–Crippen LogP) is 6.13. The largest absolute Gasteiger partial charge is 0.497 e. The average Bonchev–Trinajstić information content (AvgIpc) is 3.33. The van der Waals surface area contributed by atoms with Crippen molar-refractivity contribution in [1.29, 1.82) is 0 Å². The topological polar surface area (TPSA) is 55.0 Å². The molecule has 0 unspecified atom stereocenters. The van der Waals surface area contributed by atoms with E-state index in [1.807, 2.05) is 53.9 Å². The zero-order valence-electron chi connectivity index (χ0n) is 16.6. The van der Waals surface area contributed by atoms with E-state index in [-0.39, 0.29) is 11.4 Å². The molecule has 5 aromatic rings. The third kappa shape index (κ3) is 3.73. The molecule has 0 atom stereocenters. The van der Waals surface area contributed by atoms with Crippen LogP contribution in [0.5, 0.6) is 5.75 Å². The van der Waals surface area contributed by atoms with Crippen molar-refractivity contribution < 1.29 is 9.13 Å². The van der Waals surface area contributed by atoms with Gasteiger partial charge in [0.2, 0.25) is 0 Å². The van der Waals surface area contributed by atoms with Crippen LogP contribution in [0.4, 0.5) is 4.39 Å². The fourth-order valence-electron chi connectivity index (χ4n) is 3.53. The third-order valence-corrected chi connectivity index (χ3v) is 5.99. The van der Waals surface area contributed by atoms with Crippen LogP contribution in [0.3, 0.4) is 0 Å². The van der Waals surface area contributed by atoms with Gasteiger partial charge in [-0.05, 0) is 77.7 Å². The van der Waals surface area contributed by atoms with Crippen LogP contribution < -0.4 is 10.3 Å². The Labute approximate surface area is 181 Å². The second kappa shape index (κ2) is 7.81. The van der Waals surface area contributed by atoms with Crippen LogP contribution in [0, 0.1) is 5.82 Å². The first kappa shape index (κ1) is 19.2. The molecule has 4 nitrogen and oxygen atoms in total. The first-order valence-electron chi connectivity index (χ1n) is 9.64. The van der Waals surface area contributed by atoms with E-state index in [1.165, 1.54) is 12.1 Å². The van der Waals surface area contributed by atoms with Gasteiger partial charge < -0.3 is 9.72 Å². The van der Waals surface area contributed by atoms with Crippen molar-refractivity contribution in [2.24, 2.45) is 0 Å². The summed E-state index contributed by atoms with van der Waals surface area (Å²) in [5.74, 6) is 0.407. The lowest BCUT2D eigenvalue weighted by Gasteiger charge is -2.10. The first-order valence-corrected chi connectivity index (χ1v) is 10.5. The number of nitrogens with zero attached hydrogens (tertiary/aromatic N) is 1. The highest BCUT2D eigenvalue weighted by Crippen LogP contribution is 2.32. The molecule has 0 fully saturated rings. The minimum Gasteiger partial charge on any atom is -0.497 e. The highest BCUT2D eigenvalue weighted by molar-refractivity contribution is 7.13. The van der Waals surface area contributed by atoms with E-state index in [2.05, 4.69) is 4.98 Å². The van der Waals surface area contributed by atoms with Crippen LogP contribution in [0.25, 0.3) is 43.9 Å². The number of aromatic nitrogens is 2. The van der Waals surface area contributed by atoms with Crippen molar-refractivity contribution >= 4 is 22.2 Å². The number of nitrogens with one attached hydrogen (secondary N) is 1. The Balaban J connectivity index is 1.74. The van der Waals surface area contributed by atoms with Crippen LogP contribution in [0.1, 0.15) is 0 Å². The highest BCUT2D eigenvalue weighted by atomic mass is 32.1. The van der Waals surface area contributed by atoms with Gasteiger partial charge in [0.15, 0.2) is 0 Å².